The quantitative estimate of drug-likeness (QED) is 0.758. The first-order chi connectivity index (χ1) is 7.74. The third kappa shape index (κ3) is 1.68. The lowest BCUT2D eigenvalue weighted by atomic mass is 10.1. The molecule has 0 saturated carbocycles. The monoisotopic (exact) mass is 237 g/mol. The van der Waals surface area contributed by atoms with Gasteiger partial charge in [0.1, 0.15) is 5.15 Å². The molecule has 4 heteroatoms. The summed E-state index contributed by atoms with van der Waals surface area (Å²) in [6, 6.07) is 3.50. The molecule has 0 unspecified atom stereocenters. The number of rotatable bonds is 1. The zero-order valence-corrected chi connectivity index (χ0v) is 10.2. The van der Waals surface area contributed by atoms with Crippen LogP contribution in [0.5, 0.6) is 0 Å². The second-order valence-corrected chi connectivity index (χ2v) is 5.14. The summed E-state index contributed by atoms with van der Waals surface area (Å²) in [7, 11) is 0. The predicted molar refractivity (Wildman–Crippen MR) is 66.1 cm³/mol. The number of nitrogens with zero attached hydrogens (tertiary/aromatic N) is 2. The van der Waals surface area contributed by atoms with Crippen molar-refractivity contribution in [3.8, 4) is 0 Å². The Morgan fingerprint density at radius 3 is 3.19 bits per heavy atom. The maximum atomic E-state index is 5.96. The van der Waals surface area contributed by atoms with Crippen LogP contribution < -0.4 is 10.2 Å². The Morgan fingerprint density at radius 1 is 1.56 bits per heavy atom. The van der Waals surface area contributed by atoms with E-state index in [2.05, 4.69) is 21.3 Å². The summed E-state index contributed by atoms with van der Waals surface area (Å²) in [5.74, 6) is 0. The number of hydrogen-bond donors (Lipinski definition) is 1. The Morgan fingerprint density at radius 2 is 2.44 bits per heavy atom. The van der Waals surface area contributed by atoms with Gasteiger partial charge in [-0.2, -0.15) is 0 Å². The van der Waals surface area contributed by atoms with Crippen LogP contribution in [-0.4, -0.2) is 30.2 Å². The van der Waals surface area contributed by atoms with Gasteiger partial charge in [0.05, 0.1) is 11.9 Å². The van der Waals surface area contributed by atoms with Gasteiger partial charge < -0.3 is 10.2 Å². The summed E-state index contributed by atoms with van der Waals surface area (Å²) in [5.41, 5.74) is 2.28. The molecular formula is C12H16ClN3. The lowest BCUT2D eigenvalue weighted by molar-refractivity contribution is 0.449. The van der Waals surface area contributed by atoms with Crippen LogP contribution in [0.3, 0.4) is 0 Å². The average Bonchev–Trinajstić information content (AvgIpc) is 2.58. The van der Waals surface area contributed by atoms with E-state index in [1.54, 1.807) is 0 Å². The third-order valence-corrected chi connectivity index (χ3v) is 4.05. The fourth-order valence-corrected chi connectivity index (χ4v) is 2.91. The fourth-order valence-electron chi connectivity index (χ4n) is 2.81. The van der Waals surface area contributed by atoms with Crippen molar-refractivity contribution in [2.75, 3.05) is 18.0 Å². The fraction of sp³-hybridized carbons (Fsp3) is 0.583. The Balaban J connectivity index is 1.89. The smallest absolute Gasteiger partial charge is 0.132 e. The summed E-state index contributed by atoms with van der Waals surface area (Å²) in [6.45, 7) is 4.26. The van der Waals surface area contributed by atoms with E-state index in [0.717, 1.165) is 18.7 Å². The molecule has 1 aromatic heterocycles. The summed E-state index contributed by atoms with van der Waals surface area (Å²) < 4.78 is 0. The third-order valence-electron chi connectivity index (χ3n) is 3.66. The van der Waals surface area contributed by atoms with E-state index < -0.39 is 0 Å². The molecule has 2 aliphatic heterocycles. The van der Waals surface area contributed by atoms with Gasteiger partial charge in [0, 0.05) is 18.6 Å². The first-order valence-electron chi connectivity index (χ1n) is 5.86. The zero-order valence-electron chi connectivity index (χ0n) is 9.41. The van der Waals surface area contributed by atoms with Gasteiger partial charge in [0.2, 0.25) is 0 Å². The van der Waals surface area contributed by atoms with Gasteiger partial charge in [-0.05, 0) is 37.9 Å². The van der Waals surface area contributed by atoms with Crippen LogP contribution in [0.25, 0.3) is 0 Å². The lowest BCUT2D eigenvalue weighted by Crippen LogP contribution is -2.35. The molecule has 3 rings (SSSR count). The average molecular weight is 238 g/mol. The van der Waals surface area contributed by atoms with Crippen LogP contribution in [0, 0.1) is 6.92 Å². The number of anilines is 1. The second kappa shape index (κ2) is 3.90. The summed E-state index contributed by atoms with van der Waals surface area (Å²) in [5, 5.41) is 4.16. The van der Waals surface area contributed by atoms with Crippen LogP contribution in [0.4, 0.5) is 5.69 Å². The van der Waals surface area contributed by atoms with Crippen LogP contribution in [0.15, 0.2) is 12.3 Å². The molecule has 3 heterocycles. The van der Waals surface area contributed by atoms with Gasteiger partial charge in [-0.15, -0.1) is 0 Å². The van der Waals surface area contributed by atoms with Crippen molar-refractivity contribution in [3.63, 3.8) is 0 Å². The lowest BCUT2D eigenvalue weighted by Gasteiger charge is -2.26. The molecule has 2 aliphatic rings. The number of pyridine rings is 1. The molecule has 2 saturated heterocycles. The van der Waals surface area contributed by atoms with E-state index in [1.165, 1.54) is 18.5 Å². The minimum Gasteiger partial charge on any atom is -0.366 e. The van der Waals surface area contributed by atoms with E-state index >= 15 is 0 Å². The molecule has 3 nitrogen and oxygen atoms in total. The van der Waals surface area contributed by atoms with Crippen LogP contribution in [0.1, 0.15) is 18.4 Å². The molecule has 2 bridgehead atoms. The molecule has 16 heavy (non-hydrogen) atoms. The summed E-state index contributed by atoms with van der Waals surface area (Å²) in [6.07, 6.45) is 4.40. The van der Waals surface area contributed by atoms with Crippen molar-refractivity contribution >= 4 is 17.3 Å². The number of fused-ring (bicyclic) bond motifs is 2. The van der Waals surface area contributed by atoms with E-state index in [0.29, 0.717) is 17.2 Å². The van der Waals surface area contributed by atoms with Crippen LogP contribution in [0.2, 0.25) is 5.15 Å². The topological polar surface area (TPSA) is 28.2 Å². The normalized spacial score (nSPS) is 28.5. The van der Waals surface area contributed by atoms with Gasteiger partial charge in [-0.1, -0.05) is 11.6 Å². The molecule has 0 aromatic carbocycles. The highest BCUT2D eigenvalue weighted by Gasteiger charge is 2.35. The number of hydrogen-bond acceptors (Lipinski definition) is 3. The van der Waals surface area contributed by atoms with Gasteiger partial charge in [-0.25, -0.2) is 4.98 Å². The maximum absolute atomic E-state index is 5.96. The molecule has 2 fully saturated rings. The zero-order chi connectivity index (χ0) is 11.1. The van der Waals surface area contributed by atoms with Crippen molar-refractivity contribution in [3.05, 3.63) is 23.0 Å². The Kier molecular flexibility index (Phi) is 2.52. The number of aromatic nitrogens is 1. The molecule has 2 atom stereocenters. The molecule has 86 valence electrons. The first-order valence-corrected chi connectivity index (χ1v) is 6.24. The minimum absolute atomic E-state index is 0.615. The van der Waals surface area contributed by atoms with Crippen molar-refractivity contribution in [2.45, 2.75) is 31.8 Å². The van der Waals surface area contributed by atoms with Gasteiger partial charge in [0.15, 0.2) is 0 Å². The van der Waals surface area contributed by atoms with E-state index in [1.807, 2.05) is 13.1 Å². The molecule has 1 N–H and O–H groups in total. The maximum Gasteiger partial charge on any atom is 0.132 e. The van der Waals surface area contributed by atoms with Crippen molar-refractivity contribution in [1.82, 2.24) is 10.3 Å². The Bertz CT molecular complexity index is 407. The largest absolute Gasteiger partial charge is 0.366 e. The molecule has 0 aliphatic carbocycles. The highest BCUT2D eigenvalue weighted by atomic mass is 35.5. The Hall–Kier alpha value is -0.800. The van der Waals surface area contributed by atoms with Crippen LogP contribution in [-0.2, 0) is 0 Å². The van der Waals surface area contributed by atoms with E-state index in [4.69, 9.17) is 11.6 Å². The van der Waals surface area contributed by atoms with Crippen LogP contribution >= 0.6 is 11.6 Å². The number of aryl methyl sites for hydroxylation is 1. The number of halogens is 1. The minimum atomic E-state index is 0.615. The number of piperidine rings is 1. The van der Waals surface area contributed by atoms with Gasteiger partial charge in [0.25, 0.3) is 0 Å². The first kappa shape index (κ1) is 10.4. The van der Waals surface area contributed by atoms with E-state index in [-0.39, 0.29) is 0 Å². The summed E-state index contributed by atoms with van der Waals surface area (Å²) >= 11 is 5.96. The van der Waals surface area contributed by atoms with Crippen molar-refractivity contribution in [2.24, 2.45) is 0 Å². The van der Waals surface area contributed by atoms with Crippen molar-refractivity contribution < 1.29 is 0 Å². The number of nitrogens with one attached hydrogen (secondary N) is 1. The molecule has 0 radical (unpaired) electrons. The summed E-state index contributed by atoms with van der Waals surface area (Å²) in [4.78, 5) is 6.71. The highest BCUT2D eigenvalue weighted by molar-refractivity contribution is 6.30. The molecule has 0 spiro atoms. The molecule has 0 amide bonds. The highest BCUT2D eigenvalue weighted by Crippen LogP contribution is 2.30. The Labute approximate surface area is 101 Å². The van der Waals surface area contributed by atoms with Crippen molar-refractivity contribution in [1.29, 1.82) is 0 Å². The standard InChI is InChI=1S/C12H16ClN3/c1-8-4-11(6-15-12(8)13)16-7-9-5-10(16)2-3-14-9/h4,6,9-10,14H,2-3,5,7H2,1H3/t9-,10+/m0/s1. The van der Waals surface area contributed by atoms with E-state index in [9.17, 15) is 0 Å². The van der Waals surface area contributed by atoms with Gasteiger partial charge in [-0.3, -0.25) is 0 Å². The van der Waals surface area contributed by atoms with Gasteiger partial charge >= 0.3 is 0 Å². The predicted octanol–water partition coefficient (Wildman–Crippen LogP) is 1.98. The molecule has 1 aromatic rings. The SMILES string of the molecule is Cc1cc(N2C[C@@H]3C[C@H]2CCN3)cnc1Cl. The molecular weight excluding hydrogens is 222 g/mol. The second-order valence-electron chi connectivity index (χ2n) is 4.78.